The number of sulfonamides is 1. The average Bonchev–Trinajstić information content (AvgIpc) is 2.56. The van der Waals surface area contributed by atoms with Crippen molar-refractivity contribution in [3.05, 3.63) is 64.7 Å². The van der Waals surface area contributed by atoms with Crippen LogP contribution in [-0.2, 0) is 19.6 Å². The number of hydrogen-bond acceptors (Lipinski definition) is 4. The molecule has 3 rings (SSSR count). The van der Waals surface area contributed by atoms with E-state index in [0.29, 0.717) is 16.2 Å². The van der Waals surface area contributed by atoms with Crippen LogP contribution in [0.25, 0.3) is 11.1 Å². The van der Waals surface area contributed by atoms with Crippen molar-refractivity contribution in [1.82, 2.24) is 0 Å². The van der Waals surface area contributed by atoms with Crippen LogP contribution in [-0.4, -0.2) is 21.0 Å². The average molecular weight is 392 g/mol. The fraction of sp³-hybridized carbons (Fsp3) is 0.211. The van der Waals surface area contributed by atoms with E-state index < -0.39 is 21.4 Å². The molecule has 0 aliphatic carbocycles. The minimum atomic E-state index is -3.79. The molecule has 0 unspecified atom stereocenters. The molecule has 136 valence electrons. The molecule has 26 heavy (non-hydrogen) atoms. The molecule has 5 nitrogen and oxygen atoms in total. The topological polar surface area (TPSA) is 86.5 Å². The van der Waals surface area contributed by atoms with Crippen LogP contribution in [0.4, 0.5) is 0 Å². The first-order valence-corrected chi connectivity index (χ1v) is 9.83. The first-order chi connectivity index (χ1) is 12.1. The van der Waals surface area contributed by atoms with Crippen LogP contribution in [0.3, 0.4) is 0 Å². The predicted molar refractivity (Wildman–Crippen MR) is 101 cm³/mol. The van der Waals surface area contributed by atoms with Gasteiger partial charge in [-0.25, -0.2) is 18.4 Å². The highest BCUT2D eigenvalue weighted by atomic mass is 35.5. The molecule has 0 fully saturated rings. The molecule has 1 aliphatic heterocycles. The number of carbonyl (C=O) groups is 1. The van der Waals surface area contributed by atoms with E-state index >= 15 is 0 Å². The summed E-state index contributed by atoms with van der Waals surface area (Å²) in [5.41, 5.74) is 2.12. The zero-order valence-corrected chi connectivity index (χ0v) is 15.9. The van der Waals surface area contributed by atoms with Crippen LogP contribution >= 0.6 is 11.6 Å². The Morgan fingerprint density at radius 3 is 2.31 bits per heavy atom. The van der Waals surface area contributed by atoms with Gasteiger partial charge in [0.25, 0.3) is 0 Å². The molecule has 1 aliphatic rings. The van der Waals surface area contributed by atoms with Gasteiger partial charge in [-0.3, -0.25) is 0 Å². The van der Waals surface area contributed by atoms with E-state index in [-0.39, 0.29) is 11.5 Å². The second kappa shape index (κ2) is 6.54. The van der Waals surface area contributed by atoms with Crippen LogP contribution in [0.2, 0.25) is 5.02 Å². The van der Waals surface area contributed by atoms with E-state index in [1.54, 1.807) is 36.4 Å². The maximum absolute atomic E-state index is 12.6. The summed E-state index contributed by atoms with van der Waals surface area (Å²) in [4.78, 5) is 12.6. The molecule has 2 N–H and O–H groups in total. The molecule has 7 heteroatoms. The van der Waals surface area contributed by atoms with Crippen molar-refractivity contribution >= 4 is 38.7 Å². The molecular weight excluding hydrogens is 374 g/mol. The van der Waals surface area contributed by atoms with E-state index in [1.807, 2.05) is 13.8 Å². The van der Waals surface area contributed by atoms with Crippen molar-refractivity contribution < 1.29 is 17.9 Å². The van der Waals surface area contributed by atoms with Crippen LogP contribution in [0.5, 0.6) is 0 Å². The number of benzene rings is 2. The van der Waals surface area contributed by atoms with Gasteiger partial charge in [0.2, 0.25) is 10.0 Å². The summed E-state index contributed by atoms with van der Waals surface area (Å²) >= 11 is 6.09. The minimum absolute atomic E-state index is 0.0161. The van der Waals surface area contributed by atoms with Gasteiger partial charge in [-0.1, -0.05) is 49.7 Å². The zero-order chi connectivity index (χ0) is 19.1. The van der Waals surface area contributed by atoms with E-state index in [0.717, 1.165) is 11.1 Å². The van der Waals surface area contributed by atoms with Gasteiger partial charge in [0, 0.05) is 10.4 Å². The number of cyclic esters (lactones) is 1. The first kappa shape index (κ1) is 18.6. The van der Waals surface area contributed by atoms with Gasteiger partial charge >= 0.3 is 5.97 Å². The summed E-state index contributed by atoms with van der Waals surface area (Å²) < 4.78 is 28.4. The van der Waals surface area contributed by atoms with E-state index in [4.69, 9.17) is 21.5 Å². The van der Waals surface area contributed by atoms with Crippen molar-refractivity contribution in [2.24, 2.45) is 10.6 Å². The maximum atomic E-state index is 12.6. The highest BCUT2D eigenvalue weighted by Gasteiger charge is 2.37. The quantitative estimate of drug-likeness (QED) is 0.811. The number of ether oxygens (including phenoxy) is 1. The SMILES string of the molecule is CC1(C)COC(=O)C(c2cccc(Cl)c2)=C1c1ccc(S(N)(=O)=O)cc1. The highest BCUT2D eigenvalue weighted by Crippen LogP contribution is 2.44. The number of rotatable bonds is 3. The molecule has 0 atom stereocenters. The van der Waals surface area contributed by atoms with Gasteiger partial charge < -0.3 is 4.74 Å². The van der Waals surface area contributed by atoms with Crippen molar-refractivity contribution in [3.63, 3.8) is 0 Å². The summed E-state index contributed by atoms with van der Waals surface area (Å²) in [5.74, 6) is -0.433. The molecule has 0 saturated carbocycles. The standard InChI is InChI=1S/C19H18ClNO4S/c1-19(2)11-25-18(22)16(13-4-3-5-14(20)10-13)17(19)12-6-8-15(9-7-12)26(21,23)24/h3-10H,11H2,1-2H3,(H2,21,23,24). The Kier molecular flexibility index (Phi) is 4.69. The van der Waals surface area contributed by atoms with Gasteiger partial charge in [-0.15, -0.1) is 0 Å². The van der Waals surface area contributed by atoms with Gasteiger partial charge in [0.1, 0.15) is 6.61 Å². The monoisotopic (exact) mass is 391 g/mol. The van der Waals surface area contributed by atoms with E-state index in [1.165, 1.54) is 12.1 Å². The van der Waals surface area contributed by atoms with Crippen molar-refractivity contribution in [3.8, 4) is 0 Å². The fourth-order valence-corrected chi connectivity index (χ4v) is 3.79. The Labute approximate surface area is 157 Å². The maximum Gasteiger partial charge on any atom is 0.339 e. The third-order valence-corrected chi connectivity index (χ3v) is 5.44. The molecule has 0 saturated heterocycles. The molecule has 0 spiro atoms. The van der Waals surface area contributed by atoms with Crippen LogP contribution in [0, 0.1) is 5.41 Å². The van der Waals surface area contributed by atoms with Gasteiger partial charge in [-0.05, 0) is 41.0 Å². The number of primary sulfonamides is 1. The predicted octanol–water partition coefficient (Wildman–Crippen LogP) is 3.48. The number of halogens is 1. The lowest BCUT2D eigenvalue weighted by atomic mass is 9.75. The summed E-state index contributed by atoms with van der Waals surface area (Å²) in [6, 6.07) is 13.2. The van der Waals surface area contributed by atoms with Crippen LogP contribution in [0.15, 0.2) is 53.4 Å². The Balaban J connectivity index is 2.26. The fourth-order valence-electron chi connectivity index (χ4n) is 3.08. The summed E-state index contributed by atoms with van der Waals surface area (Å²) in [5, 5.41) is 5.68. The van der Waals surface area contributed by atoms with Gasteiger partial charge in [0.15, 0.2) is 0 Å². The third-order valence-electron chi connectivity index (χ3n) is 4.28. The number of esters is 1. The molecule has 0 radical (unpaired) electrons. The van der Waals surface area contributed by atoms with Gasteiger partial charge in [-0.2, -0.15) is 0 Å². The van der Waals surface area contributed by atoms with Crippen molar-refractivity contribution in [2.45, 2.75) is 18.7 Å². The molecular formula is C19H18ClNO4S. The molecule has 1 heterocycles. The molecule has 0 bridgehead atoms. The van der Waals surface area contributed by atoms with Crippen LogP contribution in [0.1, 0.15) is 25.0 Å². The number of carbonyl (C=O) groups excluding carboxylic acids is 1. The van der Waals surface area contributed by atoms with Crippen molar-refractivity contribution in [2.75, 3.05) is 6.61 Å². The highest BCUT2D eigenvalue weighted by molar-refractivity contribution is 7.89. The number of nitrogens with two attached hydrogens (primary N) is 1. The summed E-state index contributed by atoms with van der Waals surface area (Å²) in [7, 11) is -3.79. The first-order valence-electron chi connectivity index (χ1n) is 7.91. The Morgan fingerprint density at radius 2 is 1.73 bits per heavy atom. The molecule has 0 aromatic heterocycles. The Hall–Kier alpha value is -2.15. The zero-order valence-electron chi connectivity index (χ0n) is 14.3. The molecule has 0 amide bonds. The molecule has 2 aromatic carbocycles. The molecule has 2 aromatic rings. The van der Waals surface area contributed by atoms with E-state index in [9.17, 15) is 13.2 Å². The lowest BCUT2D eigenvalue weighted by Crippen LogP contribution is -2.31. The minimum Gasteiger partial charge on any atom is -0.461 e. The van der Waals surface area contributed by atoms with Gasteiger partial charge in [0.05, 0.1) is 10.5 Å². The summed E-state index contributed by atoms with van der Waals surface area (Å²) in [6.07, 6.45) is 0. The third kappa shape index (κ3) is 3.53. The summed E-state index contributed by atoms with van der Waals surface area (Å²) in [6.45, 7) is 4.15. The normalized spacial score (nSPS) is 17.2. The largest absolute Gasteiger partial charge is 0.461 e. The lowest BCUT2D eigenvalue weighted by Gasteiger charge is -2.34. The lowest BCUT2D eigenvalue weighted by molar-refractivity contribution is -0.139. The van der Waals surface area contributed by atoms with Crippen molar-refractivity contribution in [1.29, 1.82) is 0 Å². The Bertz CT molecular complexity index is 1010. The number of hydrogen-bond donors (Lipinski definition) is 1. The Morgan fingerprint density at radius 1 is 1.08 bits per heavy atom. The van der Waals surface area contributed by atoms with Crippen LogP contribution < -0.4 is 5.14 Å². The second-order valence-corrected chi connectivity index (χ2v) is 8.79. The second-order valence-electron chi connectivity index (χ2n) is 6.79. The van der Waals surface area contributed by atoms with E-state index in [2.05, 4.69) is 0 Å². The smallest absolute Gasteiger partial charge is 0.339 e.